The molecule has 0 spiro atoms. The van der Waals surface area contributed by atoms with Gasteiger partial charge in [-0.25, -0.2) is 5.43 Å². The van der Waals surface area contributed by atoms with Gasteiger partial charge >= 0.3 is 0 Å². The van der Waals surface area contributed by atoms with Gasteiger partial charge < -0.3 is 0 Å². The van der Waals surface area contributed by atoms with E-state index in [1.807, 2.05) is 13.0 Å². The molecule has 0 rings (SSSR count). The van der Waals surface area contributed by atoms with Gasteiger partial charge in [0, 0.05) is 12.6 Å². The van der Waals surface area contributed by atoms with Gasteiger partial charge in [0.25, 0.3) is 5.91 Å². The van der Waals surface area contributed by atoms with E-state index in [0.717, 1.165) is 24.8 Å². The first kappa shape index (κ1) is 11.2. The number of amides is 1. The van der Waals surface area contributed by atoms with Crippen molar-refractivity contribution < 1.29 is 4.79 Å². The second-order valence-corrected chi connectivity index (χ2v) is 2.73. The predicted molar refractivity (Wildman–Crippen MR) is 50.5 cm³/mol. The van der Waals surface area contributed by atoms with Crippen LogP contribution >= 0.6 is 0 Å². The van der Waals surface area contributed by atoms with Crippen molar-refractivity contribution in [1.82, 2.24) is 10.9 Å². The molecule has 0 aliphatic carbocycles. The minimum atomic E-state index is -0.0476. The Morgan fingerprint density at radius 3 is 2.67 bits per heavy atom. The smallest absolute Gasteiger partial charge is 0.260 e. The largest absolute Gasteiger partial charge is 0.288 e. The minimum absolute atomic E-state index is 0.0476. The lowest BCUT2D eigenvalue weighted by Crippen LogP contribution is -2.34. The molecule has 3 heteroatoms. The molecule has 70 valence electrons. The third-order valence-electron chi connectivity index (χ3n) is 1.60. The Bertz CT molecular complexity index is 164. The summed E-state index contributed by atoms with van der Waals surface area (Å²) in [5.74, 6) is -0.0476. The molecule has 0 aliphatic heterocycles. The standard InChI is InChI=1S/C9H18N2O/c1-4-5-6-7-8(2)9(12)11-10-3/h7,10H,4-6H2,1-3H3,(H,11,12). The number of rotatable bonds is 5. The molecule has 0 heterocycles. The first-order chi connectivity index (χ1) is 5.72. The zero-order valence-electron chi connectivity index (χ0n) is 8.11. The highest BCUT2D eigenvalue weighted by molar-refractivity contribution is 5.92. The molecule has 0 aromatic heterocycles. The van der Waals surface area contributed by atoms with Crippen LogP contribution in [0.25, 0.3) is 0 Å². The quantitative estimate of drug-likeness (QED) is 0.372. The van der Waals surface area contributed by atoms with E-state index in [2.05, 4.69) is 17.8 Å². The molecule has 1 amide bonds. The molecule has 12 heavy (non-hydrogen) atoms. The number of nitrogens with one attached hydrogen (secondary N) is 2. The number of allylic oxidation sites excluding steroid dienone is 1. The summed E-state index contributed by atoms with van der Waals surface area (Å²) in [5, 5.41) is 0. The van der Waals surface area contributed by atoms with E-state index < -0.39 is 0 Å². The first-order valence-corrected chi connectivity index (χ1v) is 4.36. The predicted octanol–water partition coefficient (Wildman–Crippen LogP) is 1.37. The van der Waals surface area contributed by atoms with Crippen LogP contribution in [-0.4, -0.2) is 13.0 Å². The first-order valence-electron chi connectivity index (χ1n) is 4.36. The second kappa shape index (κ2) is 6.85. The van der Waals surface area contributed by atoms with Crippen molar-refractivity contribution in [2.75, 3.05) is 7.05 Å². The van der Waals surface area contributed by atoms with E-state index in [1.54, 1.807) is 7.05 Å². The van der Waals surface area contributed by atoms with E-state index in [-0.39, 0.29) is 5.91 Å². The normalized spacial score (nSPS) is 11.4. The summed E-state index contributed by atoms with van der Waals surface area (Å²) in [6.45, 7) is 3.96. The zero-order valence-corrected chi connectivity index (χ0v) is 8.11. The fraction of sp³-hybridized carbons (Fsp3) is 0.667. The molecule has 0 saturated heterocycles. The summed E-state index contributed by atoms with van der Waals surface area (Å²) >= 11 is 0. The van der Waals surface area contributed by atoms with Crippen molar-refractivity contribution in [2.24, 2.45) is 0 Å². The van der Waals surface area contributed by atoms with Crippen molar-refractivity contribution >= 4 is 5.91 Å². The monoisotopic (exact) mass is 170 g/mol. The van der Waals surface area contributed by atoms with E-state index in [4.69, 9.17) is 0 Å². The maximum Gasteiger partial charge on any atom is 0.260 e. The van der Waals surface area contributed by atoms with Gasteiger partial charge in [-0.05, 0) is 13.3 Å². The molecule has 0 atom stereocenters. The van der Waals surface area contributed by atoms with Gasteiger partial charge in [-0.1, -0.05) is 25.8 Å². The second-order valence-electron chi connectivity index (χ2n) is 2.73. The third-order valence-corrected chi connectivity index (χ3v) is 1.60. The number of hydrogen-bond donors (Lipinski definition) is 2. The van der Waals surface area contributed by atoms with Gasteiger partial charge in [0.05, 0.1) is 0 Å². The summed E-state index contributed by atoms with van der Waals surface area (Å²) in [6, 6.07) is 0. The number of hydrogen-bond acceptors (Lipinski definition) is 2. The lowest BCUT2D eigenvalue weighted by atomic mass is 10.2. The molecular formula is C9H18N2O. The molecule has 0 radical (unpaired) electrons. The van der Waals surface area contributed by atoms with Crippen molar-refractivity contribution in [3.63, 3.8) is 0 Å². The maximum absolute atomic E-state index is 11.1. The Balaban J connectivity index is 3.74. The van der Waals surface area contributed by atoms with Crippen molar-refractivity contribution in [3.05, 3.63) is 11.6 Å². The van der Waals surface area contributed by atoms with Gasteiger partial charge in [0.1, 0.15) is 0 Å². The van der Waals surface area contributed by atoms with Crippen LogP contribution in [-0.2, 0) is 4.79 Å². The van der Waals surface area contributed by atoms with Gasteiger partial charge in [-0.3, -0.25) is 10.2 Å². The summed E-state index contributed by atoms with van der Waals surface area (Å²) in [7, 11) is 1.68. The Morgan fingerprint density at radius 1 is 1.50 bits per heavy atom. The van der Waals surface area contributed by atoms with Crippen molar-refractivity contribution in [3.8, 4) is 0 Å². The Morgan fingerprint density at radius 2 is 2.17 bits per heavy atom. The van der Waals surface area contributed by atoms with Crippen LogP contribution in [0.1, 0.15) is 33.1 Å². The van der Waals surface area contributed by atoms with Gasteiger partial charge in [0.15, 0.2) is 0 Å². The zero-order chi connectivity index (χ0) is 9.40. The summed E-state index contributed by atoms with van der Waals surface area (Å²) in [6.07, 6.45) is 5.26. The van der Waals surface area contributed by atoms with Gasteiger partial charge in [-0.15, -0.1) is 0 Å². The number of hydrazine groups is 1. The van der Waals surface area contributed by atoms with E-state index in [1.165, 1.54) is 0 Å². The average Bonchev–Trinajstić information content (AvgIpc) is 2.05. The lowest BCUT2D eigenvalue weighted by molar-refractivity contribution is -0.118. The van der Waals surface area contributed by atoms with Crippen LogP contribution in [0.15, 0.2) is 11.6 Å². The van der Waals surface area contributed by atoms with Crippen LogP contribution in [0.2, 0.25) is 0 Å². The summed E-state index contributed by atoms with van der Waals surface area (Å²) in [5.41, 5.74) is 5.89. The molecule has 3 nitrogen and oxygen atoms in total. The molecule has 0 fully saturated rings. The molecular weight excluding hydrogens is 152 g/mol. The topological polar surface area (TPSA) is 41.1 Å². The van der Waals surface area contributed by atoms with E-state index in [9.17, 15) is 4.79 Å². The number of carbonyl (C=O) groups excluding carboxylic acids is 1. The van der Waals surface area contributed by atoms with Crippen molar-refractivity contribution in [1.29, 1.82) is 0 Å². The Kier molecular flexibility index (Phi) is 6.38. The molecule has 0 aliphatic rings. The molecule has 0 aromatic carbocycles. The van der Waals surface area contributed by atoms with Crippen LogP contribution in [0.4, 0.5) is 0 Å². The molecule has 0 unspecified atom stereocenters. The van der Waals surface area contributed by atoms with E-state index in [0.29, 0.717) is 0 Å². The molecule has 0 aromatic rings. The Hall–Kier alpha value is -0.830. The van der Waals surface area contributed by atoms with Crippen molar-refractivity contribution in [2.45, 2.75) is 33.1 Å². The van der Waals surface area contributed by atoms with Crippen LogP contribution < -0.4 is 10.9 Å². The van der Waals surface area contributed by atoms with Crippen LogP contribution in [0, 0.1) is 0 Å². The highest BCUT2D eigenvalue weighted by Gasteiger charge is 1.99. The van der Waals surface area contributed by atoms with Crippen LogP contribution in [0.5, 0.6) is 0 Å². The highest BCUT2D eigenvalue weighted by atomic mass is 16.2. The minimum Gasteiger partial charge on any atom is -0.288 e. The van der Waals surface area contributed by atoms with Gasteiger partial charge in [-0.2, -0.15) is 0 Å². The lowest BCUT2D eigenvalue weighted by Gasteiger charge is -2.01. The summed E-state index contributed by atoms with van der Waals surface area (Å²) < 4.78 is 0. The van der Waals surface area contributed by atoms with E-state index >= 15 is 0 Å². The number of unbranched alkanes of at least 4 members (excludes halogenated alkanes) is 2. The number of carbonyl (C=O) groups is 1. The summed E-state index contributed by atoms with van der Waals surface area (Å²) in [4.78, 5) is 11.1. The molecule has 0 saturated carbocycles. The van der Waals surface area contributed by atoms with Gasteiger partial charge in [0.2, 0.25) is 0 Å². The average molecular weight is 170 g/mol. The third kappa shape index (κ3) is 4.91. The molecule has 0 bridgehead atoms. The Labute approximate surface area is 74.2 Å². The molecule has 2 N–H and O–H groups in total. The van der Waals surface area contributed by atoms with Crippen LogP contribution in [0.3, 0.4) is 0 Å². The SMILES string of the molecule is CCCCC=C(C)C(=O)NNC. The highest BCUT2D eigenvalue weighted by Crippen LogP contribution is 2.00. The fourth-order valence-corrected chi connectivity index (χ4v) is 0.828. The maximum atomic E-state index is 11.1. The fourth-order valence-electron chi connectivity index (χ4n) is 0.828.